The maximum atomic E-state index is 15.7. The van der Waals surface area contributed by atoms with Crippen LogP contribution in [0.5, 0.6) is 0 Å². The molecule has 0 saturated heterocycles. The molecule has 9 rings (SSSR count). The summed E-state index contributed by atoms with van der Waals surface area (Å²) in [5.74, 6) is -8.85. The second kappa shape index (κ2) is 26.4. The molecular formula is C64H75FN10O17. The molecule has 2 aromatic heterocycles. The number of benzene rings is 2. The van der Waals surface area contributed by atoms with Crippen molar-refractivity contribution >= 4 is 76.2 Å². The molecule has 0 bridgehead atoms. The van der Waals surface area contributed by atoms with Gasteiger partial charge in [-0.15, -0.1) is 0 Å². The summed E-state index contributed by atoms with van der Waals surface area (Å²) in [6.45, 7) is 8.36. The monoisotopic (exact) mass is 1270 g/mol. The number of fused-ring (bicyclic) bond motifs is 5. The zero-order valence-corrected chi connectivity index (χ0v) is 52.6. The number of cyclic esters (lactones) is 1. The van der Waals surface area contributed by atoms with Crippen LogP contribution in [0.3, 0.4) is 0 Å². The maximum absolute atomic E-state index is 15.7. The fraction of sp³-hybridized carbons (Fsp3) is 0.484. The Bertz CT molecular complexity index is 3800. The number of imide groups is 1. The number of pyridine rings is 2. The van der Waals surface area contributed by atoms with E-state index < -0.39 is 151 Å². The molecule has 0 unspecified atom stereocenters. The Hall–Kier alpha value is -9.44. The van der Waals surface area contributed by atoms with E-state index in [1.54, 1.807) is 104 Å². The number of aryl methyl sites for hydroxylation is 1. The molecule has 6 N–H and O–H groups in total. The highest BCUT2D eigenvalue weighted by atomic mass is 19.1. The molecule has 3 aliphatic heterocycles. The molecule has 4 atom stereocenters. The molecule has 27 nitrogen and oxygen atoms in total. The van der Waals surface area contributed by atoms with E-state index in [1.807, 2.05) is 0 Å². The molecule has 9 amide bonds. The zero-order valence-electron chi connectivity index (χ0n) is 52.6. The first-order valence-corrected chi connectivity index (χ1v) is 30.2. The number of hydrogen-bond acceptors (Lipinski definition) is 18. The lowest BCUT2D eigenvalue weighted by Crippen LogP contribution is -2.57. The van der Waals surface area contributed by atoms with Gasteiger partial charge in [0.2, 0.25) is 29.5 Å². The summed E-state index contributed by atoms with van der Waals surface area (Å²) < 4.78 is 39.5. The van der Waals surface area contributed by atoms with Crippen molar-refractivity contribution in [2.45, 2.75) is 154 Å². The third-order valence-electron chi connectivity index (χ3n) is 16.8. The minimum Gasteiger partial charge on any atom is -0.459 e. The van der Waals surface area contributed by atoms with Crippen LogP contribution in [0.1, 0.15) is 126 Å². The normalized spacial score (nSPS) is 18.2. The van der Waals surface area contributed by atoms with Gasteiger partial charge in [0.15, 0.2) is 5.60 Å². The molecule has 5 heterocycles. The topological polar surface area (TPSA) is 350 Å². The first kappa shape index (κ1) is 67.0. The fourth-order valence-electron chi connectivity index (χ4n) is 12.0. The maximum Gasteiger partial charge on any atom is 0.410 e. The quantitative estimate of drug-likeness (QED) is 0.0250. The van der Waals surface area contributed by atoms with Gasteiger partial charge in [0, 0.05) is 48.2 Å². The van der Waals surface area contributed by atoms with Crippen LogP contribution in [0.2, 0.25) is 0 Å². The van der Waals surface area contributed by atoms with Crippen LogP contribution in [0.25, 0.3) is 22.3 Å². The molecule has 28 heteroatoms. The molecule has 2 aliphatic carbocycles. The van der Waals surface area contributed by atoms with Crippen molar-refractivity contribution < 1.29 is 81.2 Å². The van der Waals surface area contributed by atoms with Crippen LogP contribution in [-0.4, -0.2) is 170 Å². The van der Waals surface area contributed by atoms with E-state index in [0.29, 0.717) is 81.5 Å². The number of aromatic nitrogens is 2. The average molecular weight is 1280 g/mol. The van der Waals surface area contributed by atoms with E-state index >= 15 is 4.39 Å². The molecule has 92 heavy (non-hydrogen) atoms. The highest BCUT2D eigenvalue weighted by Crippen LogP contribution is 2.49. The highest BCUT2D eigenvalue weighted by molar-refractivity contribution is 6.15. The molecular weight excluding hydrogens is 1200 g/mol. The van der Waals surface area contributed by atoms with Crippen LogP contribution in [0.15, 0.2) is 59.4 Å². The van der Waals surface area contributed by atoms with Crippen LogP contribution in [0.4, 0.5) is 9.18 Å². The summed E-state index contributed by atoms with van der Waals surface area (Å²) in [4.78, 5) is 169. The highest BCUT2D eigenvalue weighted by Gasteiger charge is 2.51. The van der Waals surface area contributed by atoms with E-state index in [9.17, 15) is 62.6 Å². The Morgan fingerprint density at radius 2 is 1.48 bits per heavy atom. The number of ether oxygens (including phenoxy) is 4. The Balaban J connectivity index is 0.812. The summed E-state index contributed by atoms with van der Waals surface area (Å²) in [5.41, 5.74) is -1.68. The minimum absolute atomic E-state index is 0.0353. The molecule has 490 valence electrons. The van der Waals surface area contributed by atoms with Crippen molar-refractivity contribution in [1.82, 2.24) is 50.8 Å². The molecule has 1 fully saturated rings. The van der Waals surface area contributed by atoms with Crippen LogP contribution >= 0.6 is 0 Å². The van der Waals surface area contributed by atoms with Gasteiger partial charge in [0.1, 0.15) is 54.6 Å². The SMILES string of the molecule is CC[C@@]1(O)C(=O)OCc2c1cc1n(c2=O)Cc2c-1nc1cc(F)c(C)c3c1c2[C@@H](N(C)C(=O)C1(OCNC(=O)CNC(=O)[C@H](Cc2ccccc2)NC(=O)CNC(=O)CNC(=O)[C@H](CN(CC(=O)OC(C)(C)C)C(=O)OC(C)(C)C)N2C(=O)C=CC2=O)CCC1)CC3. The Morgan fingerprint density at radius 1 is 0.837 bits per heavy atom. The summed E-state index contributed by atoms with van der Waals surface area (Å²) in [6.07, 6.45) is 2.59. The number of halogens is 1. The number of nitrogens with one attached hydrogen (secondary N) is 5. The second-order valence-electron chi connectivity index (χ2n) is 25.4. The predicted octanol–water partition coefficient (Wildman–Crippen LogP) is 1.93. The van der Waals surface area contributed by atoms with Gasteiger partial charge in [0.05, 0.1) is 61.2 Å². The van der Waals surface area contributed by atoms with E-state index in [0.717, 1.165) is 22.6 Å². The van der Waals surface area contributed by atoms with Gasteiger partial charge < -0.3 is 60.1 Å². The number of carbonyl (C=O) groups is 11. The first-order valence-electron chi connectivity index (χ1n) is 30.2. The average Bonchev–Trinajstić information content (AvgIpc) is 1.45. The smallest absolute Gasteiger partial charge is 0.410 e. The van der Waals surface area contributed by atoms with Gasteiger partial charge in [-0.2, -0.15) is 0 Å². The van der Waals surface area contributed by atoms with Crippen molar-refractivity contribution in [3.05, 3.63) is 110 Å². The third-order valence-corrected chi connectivity index (χ3v) is 16.8. The minimum atomic E-state index is -2.08. The fourth-order valence-corrected chi connectivity index (χ4v) is 12.0. The van der Waals surface area contributed by atoms with E-state index in [2.05, 4.69) is 26.6 Å². The molecule has 4 aromatic rings. The lowest BCUT2D eigenvalue weighted by Gasteiger charge is -2.45. The second-order valence-corrected chi connectivity index (χ2v) is 25.4. The molecule has 2 aromatic carbocycles. The summed E-state index contributed by atoms with van der Waals surface area (Å²) >= 11 is 0. The van der Waals surface area contributed by atoms with Gasteiger partial charge in [-0.25, -0.2) is 19.0 Å². The van der Waals surface area contributed by atoms with Crippen molar-refractivity contribution in [3.8, 4) is 11.4 Å². The summed E-state index contributed by atoms with van der Waals surface area (Å²) in [5, 5.41) is 24.4. The number of esters is 2. The van der Waals surface area contributed by atoms with Crippen molar-refractivity contribution in [1.29, 1.82) is 0 Å². The lowest BCUT2D eigenvalue weighted by atomic mass is 9.77. The van der Waals surface area contributed by atoms with Crippen LogP contribution < -0.4 is 32.1 Å². The standard InChI is InChI=1S/C64H75FN10O17/c1-10-64(88)39-24-44-54-37(29-74(44)57(84)38(39)32-89-59(64)86)53-43(18-17-36-34(2)40(65)25-41(71-54)52(36)53)72(9)58(85)63(21-14-22-63)90-33-69-47(77)27-67-55(82)42(23-35-15-12-11-13-16-35)70-48(78)28-66-46(76)26-68-56(83)45(75-49(79)19-20-50(75)80)30-73(60(87)92-62(6,7)8)31-51(81)91-61(3,4)5/h11-13,15-16,19-20,24-25,42-43,45,88H,10,14,17-18,21-23,26-33H2,1-9H3,(H,66,76)(H,67,82)(H,68,83)(H,69,77)(H,70,78)/t42-,43-,45-,64-/m0/s1. The Labute approximate surface area is 528 Å². The van der Waals surface area contributed by atoms with E-state index in [1.165, 1.54) is 10.6 Å². The third kappa shape index (κ3) is 14.0. The number of amides is 9. The van der Waals surface area contributed by atoms with Crippen LogP contribution in [-0.2, 0) is 98.5 Å². The van der Waals surface area contributed by atoms with Crippen molar-refractivity contribution in [2.24, 2.45) is 0 Å². The molecule has 5 aliphatic rings. The summed E-state index contributed by atoms with van der Waals surface area (Å²) in [6, 6.07) is 7.77. The largest absolute Gasteiger partial charge is 0.459 e. The number of nitrogens with zero attached hydrogens (tertiary/aromatic N) is 5. The molecule has 1 saturated carbocycles. The zero-order chi connectivity index (χ0) is 66.9. The molecule has 0 spiro atoms. The van der Waals surface area contributed by atoms with Gasteiger partial charge in [-0.1, -0.05) is 37.3 Å². The number of aliphatic hydroxyl groups is 1. The van der Waals surface area contributed by atoms with Gasteiger partial charge in [-0.05, 0) is 115 Å². The number of rotatable bonds is 22. The number of carbonyl (C=O) groups excluding carboxylic acids is 11. The Kier molecular flexibility index (Phi) is 19.2. The van der Waals surface area contributed by atoms with Crippen molar-refractivity contribution in [3.63, 3.8) is 0 Å². The van der Waals surface area contributed by atoms with Gasteiger partial charge in [0.25, 0.3) is 23.3 Å². The number of likely N-dealkylation sites (N-methyl/N-ethyl adjacent to an activating group) is 1. The predicted molar refractivity (Wildman–Crippen MR) is 323 cm³/mol. The lowest BCUT2D eigenvalue weighted by molar-refractivity contribution is -0.175. The van der Waals surface area contributed by atoms with Gasteiger partial charge >= 0.3 is 18.0 Å². The summed E-state index contributed by atoms with van der Waals surface area (Å²) in [7, 11) is 1.64. The molecule has 0 radical (unpaired) electrons. The van der Waals surface area contributed by atoms with E-state index in [4.69, 9.17) is 23.9 Å². The van der Waals surface area contributed by atoms with Gasteiger partial charge in [-0.3, -0.25) is 57.7 Å². The van der Waals surface area contributed by atoms with Crippen LogP contribution in [0, 0.1) is 12.7 Å². The first-order chi connectivity index (χ1) is 43.3. The Morgan fingerprint density at radius 3 is 2.11 bits per heavy atom. The van der Waals surface area contributed by atoms with Crippen molar-refractivity contribution in [2.75, 3.05) is 46.5 Å². The number of hydrogen-bond donors (Lipinski definition) is 6. The van der Waals surface area contributed by atoms with E-state index in [-0.39, 0.29) is 43.0 Å².